The van der Waals surface area contributed by atoms with Crippen LogP contribution in [-0.2, 0) is 47.4 Å². The molecule has 1 saturated heterocycles. The minimum atomic E-state index is -2.18. The van der Waals surface area contributed by atoms with E-state index in [1.165, 1.54) is 134 Å². The van der Waals surface area contributed by atoms with E-state index in [0.717, 1.165) is 59.2 Å². The van der Waals surface area contributed by atoms with Gasteiger partial charge in [-0.15, -0.1) is 0 Å². The number of esters is 3. The molecule has 7 atom stereocenters. The van der Waals surface area contributed by atoms with Crippen molar-refractivity contribution in [2.45, 2.75) is 230 Å². The van der Waals surface area contributed by atoms with Crippen molar-refractivity contribution in [3.63, 3.8) is 0 Å². The third-order valence-electron chi connectivity index (χ3n) is 14.7. The first-order valence-corrected chi connectivity index (χ1v) is 30.4. The minimum Gasteiger partial charge on any atom is -0.452 e. The van der Waals surface area contributed by atoms with E-state index in [1.807, 2.05) is 6.08 Å². The van der Waals surface area contributed by atoms with Crippen LogP contribution in [0.25, 0.3) is 0 Å². The number of rotatable bonds is 41. The normalized spacial score (nSPS) is 18.4. The van der Waals surface area contributed by atoms with Gasteiger partial charge in [0.2, 0.25) is 11.7 Å². The van der Waals surface area contributed by atoms with Crippen LogP contribution in [0.2, 0.25) is 0 Å². The largest absolute Gasteiger partial charge is 0.508 e. The van der Waals surface area contributed by atoms with Gasteiger partial charge in [-0.2, -0.15) is 0 Å². The summed E-state index contributed by atoms with van der Waals surface area (Å²) < 4.78 is 52.8. The Kier molecular flexibility index (Phi) is 34.0. The van der Waals surface area contributed by atoms with Crippen LogP contribution in [-0.4, -0.2) is 106 Å². The summed E-state index contributed by atoms with van der Waals surface area (Å²) in [5, 5.41) is 3.11. The van der Waals surface area contributed by atoms with Gasteiger partial charge >= 0.3 is 30.2 Å². The number of carbonyl (C=O) groups is 6. The molecule has 16 nitrogen and oxygen atoms in total. The van der Waals surface area contributed by atoms with E-state index < -0.39 is 85.8 Å². The molecule has 0 aromatic heterocycles. The van der Waals surface area contributed by atoms with Gasteiger partial charge in [0.1, 0.15) is 18.8 Å². The number of hydrogen-bond acceptors (Lipinski definition) is 15. The van der Waals surface area contributed by atoms with Crippen molar-refractivity contribution in [1.29, 1.82) is 0 Å². The molecule has 1 heterocycles. The lowest BCUT2D eigenvalue weighted by Crippen LogP contribution is -2.68. The summed E-state index contributed by atoms with van der Waals surface area (Å²) in [5.41, 5.74) is 0.486. The molecule has 0 unspecified atom stereocenters. The first-order chi connectivity index (χ1) is 39.9. The van der Waals surface area contributed by atoms with Crippen molar-refractivity contribution in [2.24, 2.45) is 0 Å². The van der Waals surface area contributed by atoms with E-state index in [0.29, 0.717) is 12.8 Å². The number of hydrogen-bond donors (Lipinski definition) is 1. The fourth-order valence-electron chi connectivity index (χ4n) is 9.93. The highest BCUT2D eigenvalue weighted by atomic mass is 16.8. The lowest BCUT2D eigenvalue weighted by atomic mass is 9.92. The van der Waals surface area contributed by atoms with Crippen molar-refractivity contribution in [2.75, 3.05) is 27.4 Å². The third-order valence-corrected chi connectivity index (χ3v) is 14.7. The van der Waals surface area contributed by atoms with E-state index in [-0.39, 0.29) is 29.0 Å². The van der Waals surface area contributed by atoms with Crippen LogP contribution in [0.5, 0.6) is 0 Å². The molecule has 0 saturated carbocycles. The van der Waals surface area contributed by atoms with Crippen LogP contribution < -0.4 is 5.32 Å². The molecule has 4 rings (SSSR count). The summed E-state index contributed by atoms with van der Waals surface area (Å²) in [4.78, 5) is 82.2. The zero-order chi connectivity index (χ0) is 59.1. The van der Waals surface area contributed by atoms with Gasteiger partial charge in [0.25, 0.3) is 0 Å². The molecule has 0 spiro atoms. The number of carbonyl (C=O) groups excluding carboxylic acids is 6. The molecule has 0 aliphatic carbocycles. The van der Waals surface area contributed by atoms with E-state index in [1.54, 1.807) is 72.8 Å². The first kappa shape index (κ1) is 68.2. The highest BCUT2D eigenvalue weighted by Crippen LogP contribution is 2.38. The van der Waals surface area contributed by atoms with E-state index in [9.17, 15) is 28.8 Å². The van der Waals surface area contributed by atoms with Gasteiger partial charge in [0, 0.05) is 6.42 Å². The maximum absolute atomic E-state index is 14.2. The Labute approximate surface area is 488 Å². The Morgan fingerprint density at radius 1 is 0.537 bits per heavy atom. The smallest absolute Gasteiger partial charge is 0.452 e. The van der Waals surface area contributed by atoms with Crippen molar-refractivity contribution in [3.8, 4) is 0 Å². The number of nitrogens with one attached hydrogen (secondary N) is 1. The molecule has 1 aliphatic rings. The second-order valence-electron chi connectivity index (χ2n) is 21.4. The molecule has 1 N–H and O–H groups in total. The number of benzene rings is 3. The van der Waals surface area contributed by atoms with Crippen LogP contribution in [0.3, 0.4) is 0 Å². The van der Waals surface area contributed by atoms with Crippen LogP contribution in [0, 0.1) is 0 Å². The molecular formula is C66H95NO15. The SMILES string of the molecule is CCCCCCCCCCCCCC=C[C@@H](OC(=O)c1ccccc1)[C@H](CO[C@@]1(C)O[C@H](COC(=O)OC)[C@H](OC(=O)OC)[C@H](OC(=O)c2ccccc2)[C@H]1OC(=O)c1ccccc1)NC(=O)CCCCCCCCCCCCCCC. The molecule has 0 radical (unpaired) electrons. The summed E-state index contributed by atoms with van der Waals surface area (Å²) in [6, 6.07) is 23.4. The topological polar surface area (TPSA) is 198 Å². The Hall–Kier alpha value is -6.26. The standard InChI is InChI=1S/C66H95NO15/c1-6-8-10-12-14-16-18-20-22-24-26-28-39-47-55(78-61(69)51-41-33-30-34-42-51)54(67-57(68)48-40-29-27-25-23-21-19-17-15-13-11-9-7-2)49-77-66(3)60(81-63(71)53-45-37-32-38-46-53)59(79-62(70)52-43-35-31-36-44-52)58(80-65(73)75-5)56(82-66)50-76-64(72)74-4/h30-39,41-47,54-56,58-60H,6-29,40,48-50H2,1-5H3,(H,67,68)/t54-,55+,56+,58-,59-,60+,66-/m0/s1. The van der Waals surface area contributed by atoms with Crippen LogP contribution in [0.15, 0.2) is 103 Å². The van der Waals surface area contributed by atoms with Crippen molar-refractivity contribution in [1.82, 2.24) is 5.32 Å². The van der Waals surface area contributed by atoms with E-state index in [4.69, 9.17) is 42.6 Å². The average Bonchev–Trinajstić information content (AvgIpc) is 3.07. The van der Waals surface area contributed by atoms with Crippen molar-refractivity contribution in [3.05, 3.63) is 120 Å². The van der Waals surface area contributed by atoms with E-state index in [2.05, 4.69) is 19.2 Å². The summed E-state index contributed by atoms with van der Waals surface area (Å²) in [6.07, 6.45) is 22.3. The predicted octanol–water partition coefficient (Wildman–Crippen LogP) is 15.0. The van der Waals surface area contributed by atoms with Gasteiger partial charge in [-0.3, -0.25) is 4.79 Å². The zero-order valence-electron chi connectivity index (χ0n) is 49.7. The molecule has 1 amide bonds. The van der Waals surface area contributed by atoms with Gasteiger partial charge in [-0.05, 0) is 68.7 Å². The molecule has 3 aromatic rings. The Balaban J connectivity index is 1.69. The van der Waals surface area contributed by atoms with Crippen LogP contribution in [0.1, 0.15) is 219 Å². The summed E-state index contributed by atoms with van der Waals surface area (Å²) in [6.45, 7) is 4.76. The van der Waals surface area contributed by atoms with Gasteiger partial charge in [0.05, 0.1) is 43.6 Å². The maximum Gasteiger partial charge on any atom is 0.508 e. The van der Waals surface area contributed by atoms with Crippen LogP contribution in [0.4, 0.5) is 9.59 Å². The summed E-state index contributed by atoms with van der Waals surface area (Å²) >= 11 is 0. The fourth-order valence-corrected chi connectivity index (χ4v) is 9.93. The van der Waals surface area contributed by atoms with Crippen molar-refractivity contribution < 1.29 is 71.4 Å². The molecule has 0 bridgehead atoms. The molecule has 454 valence electrons. The number of amides is 1. The van der Waals surface area contributed by atoms with Crippen LogP contribution >= 0.6 is 0 Å². The van der Waals surface area contributed by atoms with E-state index >= 15 is 0 Å². The molecule has 16 heteroatoms. The lowest BCUT2D eigenvalue weighted by Gasteiger charge is -2.49. The number of ether oxygens (including phenoxy) is 9. The third kappa shape index (κ3) is 26.3. The molecule has 1 aliphatic heterocycles. The molecule has 1 fully saturated rings. The summed E-state index contributed by atoms with van der Waals surface area (Å²) in [7, 11) is 2.17. The summed E-state index contributed by atoms with van der Waals surface area (Å²) in [5.74, 6) is -4.95. The molecular weight excluding hydrogens is 1050 g/mol. The Bertz CT molecular complexity index is 2280. The van der Waals surface area contributed by atoms with Crippen molar-refractivity contribution >= 4 is 36.1 Å². The number of methoxy groups -OCH3 is 2. The fraction of sp³-hybridized carbons (Fsp3) is 0.606. The molecule has 82 heavy (non-hydrogen) atoms. The van der Waals surface area contributed by atoms with Gasteiger partial charge in [0.15, 0.2) is 18.3 Å². The predicted molar refractivity (Wildman–Crippen MR) is 314 cm³/mol. The second-order valence-corrected chi connectivity index (χ2v) is 21.4. The lowest BCUT2D eigenvalue weighted by molar-refractivity contribution is -0.355. The van der Waals surface area contributed by atoms with Gasteiger partial charge in [-0.25, -0.2) is 24.0 Å². The minimum absolute atomic E-state index is 0.0956. The number of allylic oxidation sites excluding steroid dienone is 1. The zero-order valence-corrected chi connectivity index (χ0v) is 49.7. The average molecular weight is 1140 g/mol. The highest BCUT2D eigenvalue weighted by molar-refractivity contribution is 5.91. The van der Waals surface area contributed by atoms with Gasteiger partial charge < -0.3 is 47.9 Å². The maximum atomic E-state index is 14.2. The quantitative estimate of drug-likeness (QED) is 0.0243. The Morgan fingerprint density at radius 2 is 0.976 bits per heavy atom. The molecule has 3 aromatic carbocycles. The second kappa shape index (κ2) is 40.9. The monoisotopic (exact) mass is 1140 g/mol. The van der Waals surface area contributed by atoms with Gasteiger partial charge in [-0.1, -0.05) is 216 Å². The Morgan fingerprint density at radius 3 is 1.45 bits per heavy atom. The number of unbranched alkanes of at least 4 members (excludes halogenated alkanes) is 23. The highest BCUT2D eigenvalue weighted by Gasteiger charge is 2.60. The first-order valence-electron chi connectivity index (χ1n) is 30.4.